The van der Waals surface area contributed by atoms with Crippen LogP contribution in [0.5, 0.6) is 0 Å². The van der Waals surface area contributed by atoms with Crippen molar-refractivity contribution >= 4 is 0 Å². The molecule has 1 heterocycles. The lowest BCUT2D eigenvalue weighted by molar-refractivity contribution is -0.736. The van der Waals surface area contributed by atoms with E-state index in [0.717, 1.165) is 0 Å². The molecule has 1 atom stereocenters. The Kier molecular flexibility index (Phi) is 4.70. The van der Waals surface area contributed by atoms with Gasteiger partial charge >= 0.3 is 0 Å². The smallest absolute Gasteiger partial charge is 0.184 e. The molecule has 0 aliphatic heterocycles. The molecule has 1 rings (SSSR count). The normalized spacial score (nSPS) is 13.5. The monoisotopic (exact) mass is 236 g/mol. The van der Waals surface area contributed by atoms with Gasteiger partial charge in [0.1, 0.15) is 6.61 Å². The number of aliphatic hydroxyl groups is 1. The summed E-state index contributed by atoms with van der Waals surface area (Å²) in [7, 11) is 0. The fraction of sp³-hybridized carbons (Fsp3) is 0.667. The van der Waals surface area contributed by atoms with Gasteiger partial charge in [0.15, 0.2) is 17.4 Å². The number of aryl methyl sites for hydroxylation is 1. The van der Waals surface area contributed by atoms with E-state index in [9.17, 15) is 5.11 Å². The maximum absolute atomic E-state index is 9.45. The zero-order valence-electron chi connectivity index (χ0n) is 12.0. The highest BCUT2D eigenvalue weighted by atomic mass is 16.3. The Hall–Kier alpha value is -0.890. The van der Waals surface area contributed by atoms with Crippen LogP contribution in [0.15, 0.2) is 12.1 Å². The second-order valence-electron chi connectivity index (χ2n) is 5.59. The van der Waals surface area contributed by atoms with Gasteiger partial charge < -0.3 is 5.11 Å². The standard InChI is InChI=1S/C15H26NO/c1-10(2)14-7-12(5)8-15(11(3)4)16(14)13(6)9-17/h7-8,10-11,13,17H,9H2,1-6H3/q+1/t13-/m0/s1. The summed E-state index contributed by atoms with van der Waals surface area (Å²) in [6.07, 6.45) is 0. The Morgan fingerprint density at radius 2 is 1.41 bits per heavy atom. The van der Waals surface area contributed by atoms with Gasteiger partial charge in [-0.1, -0.05) is 27.7 Å². The minimum absolute atomic E-state index is 0.144. The van der Waals surface area contributed by atoms with E-state index in [4.69, 9.17) is 0 Å². The number of hydrogen-bond acceptors (Lipinski definition) is 1. The van der Waals surface area contributed by atoms with Crippen LogP contribution in [0, 0.1) is 6.92 Å². The average Bonchev–Trinajstić information content (AvgIpc) is 2.26. The summed E-state index contributed by atoms with van der Waals surface area (Å²) in [4.78, 5) is 0. The van der Waals surface area contributed by atoms with Crippen molar-refractivity contribution in [2.45, 2.75) is 59.4 Å². The SMILES string of the molecule is Cc1cc(C(C)C)[n+]([C@@H](C)CO)c(C(C)C)c1. The van der Waals surface area contributed by atoms with Gasteiger partial charge in [-0.2, -0.15) is 4.57 Å². The number of nitrogens with zero attached hydrogens (tertiary/aromatic N) is 1. The van der Waals surface area contributed by atoms with Gasteiger partial charge in [0.05, 0.1) is 0 Å². The highest BCUT2D eigenvalue weighted by molar-refractivity contribution is 5.18. The molecule has 17 heavy (non-hydrogen) atoms. The lowest BCUT2D eigenvalue weighted by Gasteiger charge is -2.17. The summed E-state index contributed by atoms with van der Waals surface area (Å²) in [5, 5.41) is 9.45. The zero-order valence-corrected chi connectivity index (χ0v) is 12.0. The maximum Gasteiger partial charge on any atom is 0.184 e. The Bertz CT molecular complexity index is 354. The molecule has 1 N–H and O–H groups in total. The van der Waals surface area contributed by atoms with E-state index in [-0.39, 0.29) is 12.6 Å². The molecule has 0 unspecified atom stereocenters. The molecule has 2 nitrogen and oxygen atoms in total. The molecule has 0 amide bonds. The van der Waals surface area contributed by atoms with Crippen LogP contribution in [0.1, 0.15) is 69.4 Å². The molecule has 0 radical (unpaired) electrons. The van der Waals surface area contributed by atoms with Gasteiger partial charge in [-0.15, -0.1) is 0 Å². The van der Waals surface area contributed by atoms with Gasteiger partial charge in [0.2, 0.25) is 0 Å². The van der Waals surface area contributed by atoms with E-state index in [0.29, 0.717) is 11.8 Å². The van der Waals surface area contributed by atoms with Crippen molar-refractivity contribution in [1.29, 1.82) is 0 Å². The molecule has 0 saturated carbocycles. The highest BCUT2D eigenvalue weighted by Gasteiger charge is 2.26. The molecular weight excluding hydrogens is 210 g/mol. The van der Waals surface area contributed by atoms with Crippen LogP contribution in [0.2, 0.25) is 0 Å². The molecular formula is C15H26NO+. The topological polar surface area (TPSA) is 24.1 Å². The van der Waals surface area contributed by atoms with Crippen LogP contribution in [0.25, 0.3) is 0 Å². The van der Waals surface area contributed by atoms with Crippen molar-refractivity contribution in [3.63, 3.8) is 0 Å². The molecule has 0 saturated heterocycles. The van der Waals surface area contributed by atoms with Crippen LogP contribution >= 0.6 is 0 Å². The van der Waals surface area contributed by atoms with Gasteiger partial charge in [-0.3, -0.25) is 0 Å². The number of hydrogen-bond donors (Lipinski definition) is 1. The van der Waals surface area contributed by atoms with Crippen molar-refractivity contribution in [3.8, 4) is 0 Å². The van der Waals surface area contributed by atoms with Crippen molar-refractivity contribution in [3.05, 3.63) is 29.1 Å². The van der Waals surface area contributed by atoms with E-state index >= 15 is 0 Å². The summed E-state index contributed by atoms with van der Waals surface area (Å²) in [5.41, 5.74) is 3.93. The Balaban J connectivity index is 3.47. The van der Waals surface area contributed by atoms with Crippen LogP contribution < -0.4 is 4.57 Å². The summed E-state index contributed by atoms with van der Waals surface area (Å²) >= 11 is 0. The molecule has 0 aliphatic rings. The van der Waals surface area contributed by atoms with Crippen molar-refractivity contribution < 1.29 is 9.67 Å². The number of pyridine rings is 1. The van der Waals surface area contributed by atoms with Crippen molar-refractivity contribution in [2.75, 3.05) is 6.61 Å². The van der Waals surface area contributed by atoms with Crippen molar-refractivity contribution in [2.24, 2.45) is 0 Å². The van der Waals surface area contributed by atoms with Gasteiger partial charge in [0.25, 0.3) is 0 Å². The Morgan fingerprint density at radius 1 is 1.00 bits per heavy atom. The largest absolute Gasteiger partial charge is 0.389 e. The second-order valence-corrected chi connectivity index (χ2v) is 5.59. The first-order valence-electron chi connectivity index (χ1n) is 6.55. The van der Waals surface area contributed by atoms with Crippen LogP contribution in [-0.2, 0) is 0 Å². The minimum Gasteiger partial charge on any atom is -0.389 e. The van der Waals surface area contributed by atoms with E-state index in [1.165, 1.54) is 17.0 Å². The van der Waals surface area contributed by atoms with Gasteiger partial charge in [-0.25, -0.2) is 0 Å². The molecule has 0 spiro atoms. The molecule has 2 heteroatoms. The molecule has 0 aromatic carbocycles. The first kappa shape index (κ1) is 14.2. The third-order valence-electron chi connectivity index (χ3n) is 3.20. The van der Waals surface area contributed by atoms with E-state index in [1.54, 1.807) is 0 Å². The predicted molar refractivity (Wildman–Crippen MR) is 71.3 cm³/mol. The van der Waals surface area contributed by atoms with Crippen molar-refractivity contribution in [1.82, 2.24) is 0 Å². The lowest BCUT2D eigenvalue weighted by Crippen LogP contribution is -2.48. The second kappa shape index (κ2) is 5.63. The quantitative estimate of drug-likeness (QED) is 0.798. The summed E-state index contributed by atoms with van der Waals surface area (Å²) in [6.45, 7) is 13.2. The van der Waals surface area contributed by atoms with E-state index < -0.39 is 0 Å². The van der Waals surface area contributed by atoms with Crippen LogP contribution in [0.4, 0.5) is 0 Å². The molecule has 0 aliphatic carbocycles. The average molecular weight is 236 g/mol. The fourth-order valence-corrected chi connectivity index (χ4v) is 2.28. The summed E-state index contributed by atoms with van der Waals surface area (Å²) < 4.78 is 2.31. The molecule has 0 fully saturated rings. The van der Waals surface area contributed by atoms with Gasteiger partial charge in [0, 0.05) is 30.9 Å². The van der Waals surface area contributed by atoms with E-state index in [2.05, 4.69) is 58.2 Å². The Labute approximate surface area is 105 Å². The summed E-state index contributed by atoms with van der Waals surface area (Å²) in [6, 6.07) is 4.62. The molecule has 1 aromatic heterocycles. The predicted octanol–water partition coefficient (Wildman–Crippen LogP) is 3.08. The first-order chi connectivity index (χ1) is 7.88. The first-order valence-corrected chi connectivity index (χ1v) is 6.55. The lowest BCUT2D eigenvalue weighted by atomic mass is 10.00. The van der Waals surface area contributed by atoms with Crippen LogP contribution in [-0.4, -0.2) is 11.7 Å². The van der Waals surface area contributed by atoms with Gasteiger partial charge in [-0.05, 0) is 12.5 Å². The molecule has 96 valence electrons. The fourth-order valence-electron chi connectivity index (χ4n) is 2.28. The number of rotatable bonds is 4. The maximum atomic E-state index is 9.45. The zero-order chi connectivity index (χ0) is 13.2. The highest BCUT2D eigenvalue weighted by Crippen LogP contribution is 2.20. The van der Waals surface area contributed by atoms with E-state index in [1.807, 2.05) is 0 Å². The minimum atomic E-state index is 0.144. The number of aliphatic hydroxyl groups excluding tert-OH is 1. The summed E-state index contributed by atoms with van der Waals surface area (Å²) in [5.74, 6) is 0.947. The Morgan fingerprint density at radius 3 is 1.71 bits per heavy atom. The van der Waals surface area contributed by atoms with Crippen LogP contribution in [0.3, 0.4) is 0 Å². The molecule has 0 bridgehead atoms. The third-order valence-corrected chi connectivity index (χ3v) is 3.20. The number of aromatic nitrogens is 1. The molecule has 1 aromatic rings. The third kappa shape index (κ3) is 3.06.